The fourth-order valence-corrected chi connectivity index (χ4v) is 2.53. The average Bonchev–Trinajstić information content (AvgIpc) is 2.49. The number of fused-ring (bicyclic) bond motifs is 1. The summed E-state index contributed by atoms with van der Waals surface area (Å²) in [5.41, 5.74) is 1.53. The lowest BCUT2D eigenvalue weighted by atomic mass is 10.1. The molecule has 0 spiro atoms. The minimum Gasteiger partial charge on any atom is -0.493 e. The van der Waals surface area contributed by atoms with Crippen LogP contribution in [0.3, 0.4) is 0 Å². The number of nitrogens with zero attached hydrogens (tertiary/aromatic N) is 1. The number of thiocyanates is 1. The zero-order valence-corrected chi connectivity index (χ0v) is 12.7. The standard InChI is InChI=1S/C16H17NO3S/c1-2-4-13-15(19-8-3-10-21-11-17)6-5-12-14(18)7-9-20-16(12)13/h5-7,9H,2-4,8,10H2,1H3. The Balaban J connectivity index is 2.25. The summed E-state index contributed by atoms with van der Waals surface area (Å²) in [5.74, 6) is 1.52. The largest absolute Gasteiger partial charge is 0.493 e. The zero-order chi connectivity index (χ0) is 15.1. The minimum absolute atomic E-state index is 0.0365. The molecule has 4 nitrogen and oxygen atoms in total. The van der Waals surface area contributed by atoms with Gasteiger partial charge in [0.15, 0.2) is 5.43 Å². The molecule has 1 aromatic carbocycles. The fourth-order valence-electron chi connectivity index (χ4n) is 2.17. The molecular formula is C16H17NO3S. The third kappa shape index (κ3) is 3.79. The third-order valence-corrected chi connectivity index (χ3v) is 3.72. The number of benzene rings is 1. The van der Waals surface area contributed by atoms with Crippen LogP contribution in [0, 0.1) is 10.7 Å². The van der Waals surface area contributed by atoms with Gasteiger partial charge in [-0.25, -0.2) is 0 Å². The van der Waals surface area contributed by atoms with Crippen LogP contribution in [0.2, 0.25) is 0 Å². The molecule has 0 saturated carbocycles. The number of hydrogen-bond donors (Lipinski definition) is 0. The second kappa shape index (κ2) is 7.75. The van der Waals surface area contributed by atoms with E-state index in [2.05, 4.69) is 6.92 Å². The van der Waals surface area contributed by atoms with Crippen LogP contribution >= 0.6 is 11.8 Å². The van der Waals surface area contributed by atoms with Gasteiger partial charge in [0.1, 0.15) is 16.7 Å². The van der Waals surface area contributed by atoms with Crippen LogP contribution in [0.1, 0.15) is 25.3 Å². The summed E-state index contributed by atoms with van der Waals surface area (Å²) in [6.45, 7) is 2.63. The van der Waals surface area contributed by atoms with Gasteiger partial charge in [-0.3, -0.25) is 4.79 Å². The lowest BCUT2D eigenvalue weighted by molar-refractivity contribution is 0.315. The van der Waals surface area contributed by atoms with Crippen molar-refractivity contribution in [3.05, 3.63) is 40.2 Å². The number of rotatable bonds is 7. The molecule has 0 unspecified atom stereocenters. The van der Waals surface area contributed by atoms with Crippen molar-refractivity contribution in [2.45, 2.75) is 26.2 Å². The molecule has 1 aromatic heterocycles. The van der Waals surface area contributed by atoms with Crippen LogP contribution in [-0.4, -0.2) is 12.4 Å². The quantitative estimate of drug-likeness (QED) is 0.576. The molecule has 0 aliphatic heterocycles. The van der Waals surface area contributed by atoms with E-state index in [0.717, 1.165) is 36.3 Å². The van der Waals surface area contributed by atoms with Crippen LogP contribution in [0.15, 0.2) is 33.7 Å². The molecule has 5 heteroatoms. The Labute approximate surface area is 127 Å². The molecule has 2 aromatic rings. The predicted octanol–water partition coefficient (Wildman–Crippen LogP) is 3.73. The molecule has 0 radical (unpaired) electrons. The first-order valence-electron chi connectivity index (χ1n) is 6.95. The van der Waals surface area contributed by atoms with Crippen molar-refractivity contribution in [1.82, 2.24) is 0 Å². The van der Waals surface area contributed by atoms with Gasteiger partial charge in [0.05, 0.1) is 18.3 Å². The highest BCUT2D eigenvalue weighted by Gasteiger charge is 2.12. The highest BCUT2D eigenvalue weighted by Crippen LogP contribution is 2.28. The van der Waals surface area contributed by atoms with Crippen molar-refractivity contribution in [3.63, 3.8) is 0 Å². The molecule has 0 amide bonds. The second-order valence-electron chi connectivity index (χ2n) is 4.60. The molecule has 1 heterocycles. The molecule has 2 rings (SSSR count). The molecule has 0 aliphatic rings. The Morgan fingerprint density at radius 3 is 3.00 bits per heavy atom. The summed E-state index contributed by atoms with van der Waals surface area (Å²) in [6, 6.07) is 5.01. The summed E-state index contributed by atoms with van der Waals surface area (Å²) >= 11 is 1.23. The van der Waals surface area contributed by atoms with Gasteiger partial charge in [-0.05, 0) is 36.7 Å². The summed E-state index contributed by atoms with van der Waals surface area (Å²) < 4.78 is 11.3. The molecule has 110 valence electrons. The van der Waals surface area contributed by atoms with E-state index in [1.807, 2.05) is 11.5 Å². The van der Waals surface area contributed by atoms with Crippen molar-refractivity contribution in [2.24, 2.45) is 0 Å². The van der Waals surface area contributed by atoms with Gasteiger partial charge in [-0.1, -0.05) is 13.3 Å². The number of ether oxygens (including phenoxy) is 1. The lowest BCUT2D eigenvalue weighted by Gasteiger charge is -2.12. The summed E-state index contributed by atoms with van der Waals surface area (Å²) in [6.07, 6.45) is 3.97. The maximum Gasteiger partial charge on any atom is 0.192 e. The van der Waals surface area contributed by atoms with Crippen molar-refractivity contribution in [2.75, 3.05) is 12.4 Å². The van der Waals surface area contributed by atoms with Gasteiger partial charge in [0.25, 0.3) is 0 Å². The van der Waals surface area contributed by atoms with E-state index in [4.69, 9.17) is 14.4 Å². The van der Waals surface area contributed by atoms with Crippen LogP contribution < -0.4 is 10.2 Å². The molecule has 0 fully saturated rings. The summed E-state index contributed by atoms with van der Waals surface area (Å²) in [5, 5.41) is 11.1. The normalized spacial score (nSPS) is 10.5. The van der Waals surface area contributed by atoms with Crippen molar-refractivity contribution in [3.8, 4) is 11.2 Å². The lowest BCUT2D eigenvalue weighted by Crippen LogP contribution is -2.05. The van der Waals surface area contributed by atoms with E-state index in [9.17, 15) is 4.79 Å². The van der Waals surface area contributed by atoms with E-state index in [0.29, 0.717) is 17.6 Å². The number of hydrogen-bond acceptors (Lipinski definition) is 5. The Morgan fingerprint density at radius 1 is 1.38 bits per heavy atom. The molecule has 0 aliphatic carbocycles. The molecule has 0 bridgehead atoms. The topological polar surface area (TPSA) is 63.2 Å². The van der Waals surface area contributed by atoms with Gasteiger partial charge in [0, 0.05) is 17.4 Å². The van der Waals surface area contributed by atoms with Crippen molar-refractivity contribution in [1.29, 1.82) is 5.26 Å². The summed E-state index contributed by atoms with van der Waals surface area (Å²) in [4.78, 5) is 11.8. The van der Waals surface area contributed by atoms with E-state index in [1.54, 1.807) is 6.07 Å². The predicted molar refractivity (Wildman–Crippen MR) is 84.7 cm³/mol. The van der Waals surface area contributed by atoms with Gasteiger partial charge in [-0.15, -0.1) is 0 Å². The smallest absolute Gasteiger partial charge is 0.192 e. The average molecular weight is 303 g/mol. The highest BCUT2D eigenvalue weighted by molar-refractivity contribution is 8.03. The molecular weight excluding hydrogens is 286 g/mol. The van der Waals surface area contributed by atoms with E-state index in [-0.39, 0.29) is 5.43 Å². The monoisotopic (exact) mass is 303 g/mol. The van der Waals surface area contributed by atoms with Crippen LogP contribution in [0.25, 0.3) is 11.0 Å². The third-order valence-electron chi connectivity index (χ3n) is 3.10. The van der Waals surface area contributed by atoms with Crippen LogP contribution in [-0.2, 0) is 6.42 Å². The van der Waals surface area contributed by atoms with Gasteiger partial charge < -0.3 is 9.15 Å². The first kappa shape index (κ1) is 15.5. The number of aryl methyl sites for hydroxylation is 1. The van der Waals surface area contributed by atoms with E-state index < -0.39 is 0 Å². The van der Waals surface area contributed by atoms with Gasteiger partial charge >= 0.3 is 0 Å². The molecule has 21 heavy (non-hydrogen) atoms. The highest BCUT2D eigenvalue weighted by atomic mass is 32.2. The maximum atomic E-state index is 11.8. The van der Waals surface area contributed by atoms with Crippen LogP contribution in [0.5, 0.6) is 5.75 Å². The zero-order valence-electron chi connectivity index (χ0n) is 11.9. The first-order chi connectivity index (χ1) is 10.3. The summed E-state index contributed by atoms with van der Waals surface area (Å²) in [7, 11) is 0. The number of thioether (sulfide) groups is 1. The molecule has 0 N–H and O–H groups in total. The second-order valence-corrected chi connectivity index (χ2v) is 5.48. The fraction of sp³-hybridized carbons (Fsp3) is 0.375. The maximum absolute atomic E-state index is 11.8. The van der Waals surface area contributed by atoms with Gasteiger partial charge in [-0.2, -0.15) is 5.26 Å². The van der Waals surface area contributed by atoms with Gasteiger partial charge in [0.2, 0.25) is 0 Å². The van der Waals surface area contributed by atoms with Crippen molar-refractivity contribution < 1.29 is 9.15 Å². The molecule has 0 atom stereocenters. The Morgan fingerprint density at radius 2 is 2.24 bits per heavy atom. The first-order valence-corrected chi connectivity index (χ1v) is 7.93. The minimum atomic E-state index is -0.0365. The Bertz CT molecular complexity index is 703. The van der Waals surface area contributed by atoms with Crippen LogP contribution in [0.4, 0.5) is 0 Å². The SMILES string of the molecule is CCCc1c(OCCCSC#N)ccc2c(=O)ccoc12. The van der Waals surface area contributed by atoms with Crippen molar-refractivity contribution >= 4 is 22.7 Å². The van der Waals surface area contributed by atoms with E-state index >= 15 is 0 Å². The Kier molecular flexibility index (Phi) is 5.70. The number of nitriles is 1. The van der Waals surface area contributed by atoms with E-state index in [1.165, 1.54) is 24.1 Å². The molecule has 0 saturated heterocycles. The Hall–Kier alpha value is -1.93.